The van der Waals surface area contributed by atoms with E-state index in [0.29, 0.717) is 12.1 Å². The van der Waals surface area contributed by atoms with Crippen LogP contribution in [0.5, 0.6) is 0 Å². The van der Waals surface area contributed by atoms with Crippen molar-refractivity contribution in [1.82, 2.24) is 5.32 Å². The monoisotopic (exact) mass is 374 g/mol. The second kappa shape index (κ2) is 8.85. The molecule has 0 saturated carbocycles. The number of benzene rings is 2. The Kier molecular flexibility index (Phi) is 6.80. The largest absolute Gasteiger partial charge is 0.350 e. The fraction of sp³-hybridized carbons (Fsp3) is 0.350. The minimum absolute atomic E-state index is 0.0803. The van der Waals surface area contributed by atoms with Gasteiger partial charge in [0, 0.05) is 13.0 Å². The summed E-state index contributed by atoms with van der Waals surface area (Å²) in [5.41, 5.74) is 2.84. The number of hydrogen-bond acceptors (Lipinski definition) is 3. The molecule has 2 aromatic rings. The molecule has 0 heterocycles. The van der Waals surface area contributed by atoms with Gasteiger partial charge in [-0.1, -0.05) is 48.0 Å². The van der Waals surface area contributed by atoms with Crippen LogP contribution in [0.3, 0.4) is 0 Å². The van der Waals surface area contributed by atoms with E-state index in [1.54, 1.807) is 24.3 Å². The molecule has 0 bridgehead atoms. The van der Waals surface area contributed by atoms with E-state index in [1.807, 2.05) is 44.2 Å². The molecule has 140 valence electrons. The standard InChI is InChI=1S/C20H26N2O3S/c1-16-11-13-18(14-12-16)17(2)21-20(23)10-7-15-22(26(3,24)25)19-8-5-4-6-9-19/h4-6,8-9,11-14,17H,7,10,15H2,1-3H3,(H,21,23)/t17-/m1/s1. The summed E-state index contributed by atoms with van der Waals surface area (Å²) in [4.78, 5) is 12.2. The zero-order chi connectivity index (χ0) is 19.2. The molecule has 0 unspecified atom stereocenters. The number of hydrogen-bond donors (Lipinski definition) is 1. The van der Waals surface area contributed by atoms with E-state index in [1.165, 1.54) is 16.1 Å². The Bertz CT molecular complexity index is 818. The molecule has 0 saturated heterocycles. The van der Waals surface area contributed by atoms with Crippen LogP contribution in [-0.2, 0) is 14.8 Å². The maximum atomic E-state index is 12.2. The average molecular weight is 375 g/mol. The van der Waals surface area contributed by atoms with Crippen molar-refractivity contribution in [2.75, 3.05) is 17.1 Å². The van der Waals surface area contributed by atoms with Gasteiger partial charge in [-0.3, -0.25) is 9.10 Å². The van der Waals surface area contributed by atoms with Gasteiger partial charge in [-0.25, -0.2) is 8.42 Å². The summed E-state index contributed by atoms with van der Waals surface area (Å²) in [6, 6.07) is 16.9. The second-order valence-corrected chi connectivity index (χ2v) is 8.38. The fourth-order valence-electron chi connectivity index (χ4n) is 2.72. The molecule has 0 aromatic heterocycles. The van der Waals surface area contributed by atoms with Crippen molar-refractivity contribution >= 4 is 21.6 Å². The lowest BCUT2D eigenvalue weighted by atomic mass is 10.1. The lowest BCUT2D eigenvalue weighted by Crippen LogP contribution is -2.32. The van der Waals surface area contributed by atoms with Crippen molar-refractivity contribution in [1.29, 1.82) is 0 Å². The average Bonchev–Trinajstić information content (AvgIpc) is 2.59. The lowest BCUT2D eigenvalue weighted by molar-refractivity contribution is -0.121. The van der Waals surface area contributed by atoms with Crippen molar-refractivity contribution in [3.63, 3.8) is 0 Å². The minimum atomic E-state index is -3.38. The molecule has 26 heavy (non-hydrogen) atoms. The molecule has 2 aromatic carbocycles. The van der Waals surface area contributed by atoms with Gasteiger partial charge < -0.3 is 5.32 Å². The van der Waals surface area contributed by atoms with Gasteiger partial charge in [-0.2, -0.15) is 0 Å². The Morgan fingerprint density at radius 3 is 2.27 bits per heavy atom. The molecule has 0 aliphatic carbocycles. The highest BCUT2D eigenvalue weighted by Crippen LogP contribution is 2.18. The zero-order valence-electron chi connectivity index (χ0n) is 15.5. The molecular weight excluding hydrogens is 348 g/mol. The Balaban J connectivity index is 1.89. The predicted octanol–water partition coefficient (Wildman–Crippen LogP) is 3.42. The van der Waals surface area contributed by atoms with Crippen LogP contribution in [-0.4, -0.2) is 27.1 Å². The quantitative estimate of drug-likeness (QED) is 0.770. The summed E-state index contributed by atoms with van der Waals surface area (Å²) in [6.45, 7) is 4.23. The van der Waals surface area contributed by atoms with E-state index in [4.69, 9.17) is 0 Å². The number of amides is 1. The van der Waals surface area contributed by atoms with Crippen molar-refractivity contribution in [2.45, 2.75) is 32.7 Å². The van der Waals surface area contributed by atoms with Crippen molar-refractivity contribution in [3.8, 4) is 0 Å². The van der Waals surface area contributed by atoms with Crippen LogP contribution in [0.15, 0.2) is 54.6 Å². The summed E-state index contributed by atoms with van der Waals surface area (Å²) in [5.74, 6) is -0.0837. The number of aryl methyl sites for hydroxylation is 1. The van der Waals surface area contributed by atoms with Gasteiger partial charge in [-0.05, 0) is 38.0 Å². The summed E-state index contributed by atoms with van der Waals surface area (Å²) < 4.78 is 25.4. The van der Waals surface area contributed by atoms with E-state index < -0.39 is 10.0 Å². The third-order valence-electron chi connectivity index (χ3n) is 4.16. The van der Waals surface area contributed by atoms with Gasteiger partial charge in [0.05, 0.1) is 18.0 Å². The first-order valence-corrected chi connectivity index (χ1v) is 10.5. The Labute approximate surface area is 156 Å². The summed E-state index contributed by atoms with van der Waals surface area (Å²) in [6.07, 6.45) is 1.91. The van der Waals surface area contributed by atoms with Gasteiger partial charge in [0.1, 0.15) is 0 Å². The Morgan fingerprint density at radius 2 is 1.69 bits per heavy atom. The number of nitrogens with zero attached hydrogens (tertiary/aromatic N) is 1. The maximum Gasteiger partial charge on any atom is 0.232 e. The second-order valence-electron chi connectivity index (χ2n) is 6.47. The van der Waals surface area contributed by atoms with Crippen LogP contribution >= 0.6 is 0 Å². The van der Waals surface area contributed by atoms with E-state index in [2.05, 4.69) is 5.32 Å². The molecule has 0 fully saturated rings. The zero-order valence-corrected chi connectivity index (χ0v) is 16.3. The highest BCUT2D eigenvalue weighted by atomic mass is 32.2. The number of anilines is 1. The lowest BCUT2D eigenvalue weighted by Gasteiger charge is -2.22. The number of nitrogens with one attached hydrogen (secondary N) is 1. The van der Waals surface area contributed by atoms with E-state index in [-0.39, 0.29) is 24.9 Å². The first-order valence-electron chi connectivity index (χ1n) is 8.66. The first-order chi connectivity index (χ1) is 12.3. The van der Waals surface area contributed by atoms with Gasteiger partial charge in [0.2, 0.25) is 15.9 Å². The third kappa shape index (κ3) is 5.88. The molecule has 1 N–H and O–H groups in total. The third-order valence-corrected chi connectivity index (χ3v) is 5.36. The number of sulfonamides is 1. The highest BCUT2D eigenvalue weighted by molar-refractivity contribution is 7.92. The van der Waals surface area contributed by atoms with Gasteiger partial charge in [-0.15, -0.1) is 0 Å². The Hall–Kier alpha value is -2.34. The van der Waals surface area contributed by atoms with Crippen LogP contribution < -0.4 is 9.62 Å². The van der Waals surface area contributed by atoms with Crippen LogP contribution in [0.25, 0.3) is 0 Å². The topological polar surface area (TPSA) is 66.5 Å². The predicted molar refractivity (Wildman–Crippen MR) is 106 cm³/mol. The number of carbonyl (C=O) groups excluding carboxylic acids is 1. The molecular formula is C20H26N2O3S. The van der Waals surface area contributed by atoms with Gasteiger partial charge >= 0.3 is 0 Å². The molecule has 1 amide bonds. The maximum absolute atomic E-state index is 12.2. The molecule has 5 nitrogen and oxygen atoms in total. The van der Waals surface area contributed by atoms with Crippen molar-refractivity contribution in [3.05, 3.63) is 65.7 Å². The molecule has 1 atom stereocenters. The molecule has 0 radical (unpaired) electrons. The fourth-order valence-corrected chi connectivity index (χ4v) is 3.68. The highest BCUT2D eigenvalue weighted by Gasteiger charge is 2.17. The molecule has 0 aliphatic rings. The van der Waals surface area contributed by atoms with Gasteiger partial charge in [0.15, 0.2) is 0 Å². The van der Waals surface area contributed by atoms with E-state index >= 15 is 0 Å². The molecule has 0 aliphatic heterocycles. The normalized spacial score (nSPS) is 12.4. The summed E-state index contributed by atoms with van der Waals surface area (Å²) in [5, 5.41) is 2.96. The van der Waals surface area contributed by atoms with Crippen molar-refractivity contribution in [2.24, 2.45) is 0 Å². The summed E-state index contributed by atoms with van der Waals surface area (Å²) in [7, 11) is -3.38. The SMILES string of the molecule is Cc1ccc([C@@H](C)NC(=O)CCCN(c2ccccc2)S(C)(=O)=O)cc1. The van der Waals surface area contributed by atoms with Crippen LogP contribution in [0.2, 0.25) is 0 Å². The number of carbonyl (C=O) groups is 1. The minimum Gasteiger partial charge on any atom is -0.350 e. The van der Waals surface area contributed by atoms with Gasteiger partial charge in [0.25, 0.3) is 0 Å². The van der Waals surface area contributed by atoms with E-state index in [9.17, 15) is 13.2 Å². The molecule has 6 heteroatoms. The number of para-hydroxylation sites is 1. The van der Waals surface area contributed by atoms with Crippen LogP contribution in [0, 0.1) is 6.92 Å². The number of rotatable bonds is 8. The van der Waals surface area contributed by atoms with Crippen molar-refractivity contribution < 1.29 is 13.2 Å². The molecule has 0 spiro atoms. The van der Waals surface area contributed by atoms with Crippen LogP contribution in [0.4, 0.5) is 5.69 Å². The smallest absolute Gasteiger partial charge is 0.232 e. The Morgan fingerprint density at radius 1 is 1.08 bits per heavy atom. The first kappa shape index (κ1) is 20.0. The van der Waals surface area contributed by atoms with Crippen LogP contribution in [0.1, 0.15) is 36.9 Å². The summed E-state index contributed by atoms with van der Waals surface area (Å²) >= 11 is 0. The molecule has 2 rings (SSSR count). The van der Waals surface area contributed by atoms with E-state index in [0.717, 1.165) is 5.56 Å².